The zero-order valence-electron chi connectivity index (χ0n) is 11.6. The molecule has 0 amide bonds. The van der Waals surface area contributed by atoms with Crippen LogP contribution in [0.2, 0.25) is 0 Å². The van der Waals surface area contributed by atoms with Gasteiger partial charge in [-0.1, -0.05) is 0 Å². The van der Waals surface area contributed by atoms with Gasteiger partial charge in [-0.15, -0.1) is 0 Å². The molecule has 102 valence electrons. The van der Waals surface area contributed by atoms with Gasteiger partial charge in [0.2, 0.25) is 0 Å². The van der Waals surface area contributed by atoms with Gasteiger partial charge >= 0.3 is 0 Å². The fraction of sp³-hybridized carbons (Fsp3) is 0.462. The maximum Gasteiger partial charge on any atom is 0.145 e. The third-order valence-corrected chi connectivity index (χ3v) is 4.15. The Kier molecular flexibility index (Phi) is 4.31. The van der Waals surface area contributed by atoms with Crippen LogP contribution in [0, 0.1) is 13.8 Å². The highest BCUT2D eigenvalue weighted by molar-refractivity contribution is 9.10. The first-order valence-corrected chi connectivity index (χ1v) is 6.96. The lowest BCUT2D eigenvalue weighted by atomic mass is 10.1. The summed E-state index contributed by atoms with van der Waals surface area (Å²) in [6.07, 6.45) is 4.48. The summed E-state index contributed by atoms with van der Waals surface area (Å²) >= 11 is 3.59. The van der Waals surface area contributed by atoms with Gasteiger partial charge < -0.3 is 5.32 Å². The fourth-order valence-corrected chi connectivity index (χ4v) is 2.50. The van der Waals surface area contributed by atoms with Gasteiger partial charge in [-0.2, -0.15) is 5.10 Å². The van der Waals surface area contributed by atoms with E-state index in [2.05, 4.69) is 36.3 Å². The van der Waals surface area contributed by atoms with Crippen LogP contribution in [0.5, 0.6) is 0 Å². The van der Waals surface area contributed by atoms with Crippen molar-refractivity contribution in [2.45, 2.75) is 26.3 Å². The van der Waals surface area contributed by atoms with Gasteiger partial charge in [0.05, 0.1) is 21.9 Å². The van der Waals surface area contributed by atoms with Crippen LogP contribution in [0.1, 0.15) is 28.8 Å². The number of aryl methyl sites for hydroxylation is 3. The number of nitrogens with zero attached hydrogens (tertiary/aromatic N) is 4. The Morgan fingerprint density at radius 3 is 2.42 bits per heavy atom. The molecule has 0 aliphatic carbocycles. The van der Waals surface area contributed by atoms with Crippen molar-refractivity contribution in [1.82, 2.24) is 25.1 Å². The summed E-state index contributed by atoms with van der Waals surface area (Å²) in [7, 11) is 3.88. The molecule has 1 unspecified atom stereocenters. The van der Waals surface area contributed by atoms with Crippen molar-refractivity contribution in [3.8, 4) is 0 Å². The molecule has 5 nitrogen and oxygen atoms in total. The molecule has 2 rings (SSSR count). The van der Waals surface area contributed by atoms with E-state index in [1.807, 2.05) is 45.0 Å². The maximum absolute atomic E-state index is 4.41. The Bertz CT molecular complexity index is 561. The van der Waals surface area contributed by atoms with Crippen molar-refractivity contribution in [3.05, 3.63) is 39.6 Å². The molecule has 0 aliphatic rings. The van der Waals surface area contributed by atoms with Crippen LogP contribution in [0.25, 0.3) is 0 Å². The second-order valence-corrected chi connectivity index (χ2v) is 5.43. The second-order valence-electron chi connectivity index (χ2n) is 4.63. The zero-order chi connectivity index (χ0) is 14.0. The quantitative estimate of drug-likeness (QED) is 0.936. The molecular weight excluding hydrogens is 306 g/mol. The van der Waals surface area contributed by atoms with E-state index >= 15 is 0 Å². The van der Waals surface area contributed by atoms with E-state index in [4.69, 9.17) is 0 Å². The Morgan fingerprint density at radius 1 is 1.32 bits per heavy atom. The summed E-state index contributed by atoms with van der Waals surface area (Å²) < 4.78 is 2.96. The van der Waals surface area contributed by atoms with Crippen LogP contribution in [-0.2, 0) is 13.5 Å². The topological polar surface area (TPSA) is 55.6 Å². The minimum Gasteiger partial charge on any atom is -0.310 e. The van der Waals surface area contributed by atoms with E-state index in [1.165, 1.54) is 0 Å². The van der Waals surface area contributed by atoms with E-state index < -0.39 is 0 Å². The van der Waals surface area contributed by atoms with Gasteiger partial charge in [0.25, 0.3) is 0 Å². The highest BCUT2D eigenvalue weighted by Crippen LogP contribution is 2.24. The Labute approximate surface area is 121 Å². The number of rotatable bonds is 4. The summed E-state index contributed by atoms with van der Waals surface area (Å²) in [5.74, 6) is 0.804. The summed E-state index contributed by atoms with van der Waals surface area (Å²) in [5, 5.41) is 7.67. The average molecular weight is 324 g/mol. The molecule has 2 aromatic rings. The second kappa shape index (κ2) is 5.79. The highest BCUT2D eigenvalue weighted by atomic mass is 79.9. The predicted molar refractivity (Wildman–Crippen MR) is 77.9 cm³/mol. The molecule has 0 radical (unpaired) electrons. The average Bonchev–Trinajstić information content (AvgIpc) is 2.63. The van der Waals surface area contributed by atoms with Crippen molar-refractivity contribution < 1.29 is 0 Å². The Balaban J connectivity index is 2.26. The zero-order valence-corrected chi connectivity index (χ0v) is 13.2. The smallest absolute Gasteiger partial charge is 0.145 e. The largest absolute Gasteiger partial charge is 0.310 e. The SMILES string of the molecule is CNC(Cc1c(Br)c(C)nn1C)c1ncc(C)cn1. The molecule has 0 fully saturated rings. The molecule has 1 N–H and O–H groups in total. The summed E-state index contributed by atoms with van der Waals surface area (Å²) in [6, 6.07) is 0.0756. The molecule has 0 aromatic carbocycles. The third-order valence-electron chi connectivity index (χ3n) is 3.12. The predicted octanol–water partition coefficient (Wildman–Crippen LogP) is 2.09. The number of likely N-dealkylation sites (N-methyl/N-ethyl adjacent to an activating group) is 1. The number of nitrogens with one attached hydrogen (secondary N) is 1. The summed E-state index contributed by atoms with van der Waals surface area (Å²) in [6.45, 7) is 3.98. The minimum atomic E-state index is 0.0756. The standard InChI is InChI=1S/C13H18BrN5/c1-8-6-16-13(17-7-8)10(15-3)5-11-12(14)9(2)18-19(11)4/h6-7,10,15H,5H2,1-4H3. The Morgan fingerprint density at radius 2 is 1.95 bits per heavy atom. The molecule has 1 atom stereocenters. The lowest BCUT2D eigenvalue weighted by Crippen LogP contribution is -2.22. The number of hydrogen-bond acceptors (Lipinski definition) is 4. The van der Waals surface area contributed by atoms with Crippen molar-refractivity contribution in [3.63, 3.8) is 0 Å². The van der Waals surface area contributed by atoms with Crippen LogP contribution in [0.3, 0.4) is 0 Å². The number of aromatic nitrogens is 4. The lowest BCUT2D eigenvalue weighted by molar-refractivity contribution is 0.532. The lowest BCUT2D eigenvalue weighted by Gasteiger charge is -2.15. The van der Waals surface area contributed by atoms with Gasteiger partial charge in [-0.3, -0.25) is 4.68 Å². The van der Waals surface area contributed by atoms with Gasteiger partial charge in [0.15, 0.2) is 0 Å². The molecule has 2 aromatic heterocycles. The van der Waals surface area contributed by atoms with Crippen molar-refractivity contribution in [2.24, 2.45) is 7.05 Å². The first-order valence-electron chi connectivity index (χ1n) is 6.16. The first kappa shape index (κ1) is 14.1. The molecular formula is C13H18BrN5. The molecule has 0 spiro atoms. The van der Waals surface area contributed by atoms with Crippen LogP contribution in [0.4, 0.5) is 0 Å². The molecule has 6 heteroatoms. The van der Waals surface area contributed by atoms with Gasteiger partial charge in [0, 0.05) is 25.9 Å². The number of halogens is 1. The molecule has 0 aliphatic heterocycles. The number of hydrogen-bond donors (Lipinski definition) is 1. The van der Waals surface area contributed by atoms with Crippen LogP contribution in [-0.4, -0.2) is 26.8 Å². The van der Waals surface area contributed by atoms with Gasteiger partial charge in [-0.25, -0.2) is 9.97 Å². The van der Waals surface area contributed by atoms with Crippen molar-refractivity contribution in [2.75, 3.05) is 7.05 Å². The van der Waals surface area contributed by atoms with Crippen LogP contribution in [0.15, 0.2) is 16.9 Å². The normalized spacial score (nSPS) is 12.7. The Hall–Kier alpha value is -1.27. The van der Waals surface area contributed by atoms with Crippen molar-refractivity contribution >= 4 is 15.9 Å². The molecule has 0 bridgehead atoms. The molecule has 0 saturated heterocycles. The molecule has 2 heterocycles. The van der Waals surface area contributed by atoms with Crippen LogP contribution >= 0.6 is 15.9 Å². The first-order chi connectivity index (χ1) is 9.02. The van der Waals surface area contributed by atoms with Gasteiger partial charge in [-0.05, 0) is 42.4 Å². The molecule has 0 saturated carbocycles. The van der Waals surface area contributed by atoms with E-state index in [1.54, 1.807) is 0 Å². The monoisotopic (exact) mass is 323 g/mol. The summed E-state index contributed by atoms with van der Waals surface area (Å²) in [4.78, 5) is 8.79. The van der Waals surface area contributed by atoms with E-state index in [0.29, 0.717) is 0 Å². The van der Waals surface area contributed by atoms with E-state index in [-0.39, 0.29) is 6.04 Å². The maximum atomic E-state index is 4.41. The van der Waals surface area contributed by atoms with Crippen LogP contribution < -0.4 is 5.32 Å². The minimum absolute atomic E-state index is 0.0756. The summed E-state index contributed by atoms with van der Waals surface area (Å²) in [5.41, 5.74) is 3.20. The highest BCUT2D eigenvalue weighted by Gasteiger charge is 2.18. The van der Waals surface area contributed by atoms with Crippen molar-refractivity contribution in [1.29, 1.82) is 0 Å². The third kappa shape index (κ3) is 3.01. The van der Waals surface area contributed by atoms with Gasteiger partial charge in [0.1, 0.15) is 5.82 Å². The van der Waals surface area contributed by atoms with E-state index in [9.17, 15) is 0 Å². The molecule has 19 heavy (non-hydrogen) atoms. The van der Waals surface area contributed by atoms with E-state index in [0.717, 1.165) is 33.7 Å². The fourth-order valence-electron chi connectivity index (χ4n) is 2.00.